The van der Waals surface area contributed by atoms with E-state index < -0.39 is 29.9 Å². The fraction of sp³-hybridized carbons (Fsp3) is 0.500. The molecule has 1 aliphatic carbocycles. The summed E-state index contributed by atoms with van der Waals surface area (Å²) in [7, 11) is 0. The van der Waals surface area contributed by atoms with Crippen molar-refractivity contribution in [2.75, 3.05) is 0 Å². The summed E-state index contributed by atoms with van der Waals surface area (Å²) < 4.78 is 73.3. The van der Waals surface area contributed by atoms with Crippen molar-refractivity contribution in [3.05, 3.63) is 23.8 Å². The van der Waals surface area contributed by atoms with Gasteiger partial charge in [-0.05, 0) is 12.0 Å². The van der Waals surface area contributed by atoms with Crippen LogP contribution in [0.1, 0.15) is 6.42 Å². The van der Waals surface area contributed by atoms with Crippen molar-refractivity contribution in [1.29, 1.82) is 0 Å². The molecule has 0 aliphatic heterocycles. The van der Waals surface area contributed by atoms with Crippen molar-refractivity contribution in [3.63, 3.8) is 0 Å². The minimum Gasteiger partial charge on any atom is -0.370 e. The Hall–Kier alpha value is -0.980. The van der Waals surface area contributed by atoms with Crippen LogP contribution in [0.5, 0.6) is 0 Å². The molecule has 1 nitrogen and oxygen atoms in total. The summed E-state index contributed by atoms with van der Waals surface area (Å²) in [5.74, 6) is 0. The second-order valence-corrected chi connectivity index (χ2v) is 3.03. The van der Waals surface area contributed by atoms with Gasteiger partial charge in [0.1, 0.15) is 0 Å². The Balaban J connectivity index is 3.20. The molecule has 7 heteroatoms. The van der Waals surface area contributed by atoms with E-state index in [0.717, 1.165) is 12.2 Å². The van der Waals surface area contributed by atoms with Crippen molar-refractivity contribution in [1.82, 2.24) is 0 Å². The molecule has 0 amide bonds. The normalized spacial score (nSPS) is 18.2. The van der Waals surface area contributed by atoms with Crippen LogP contribution in [0.15, 0.2) is 23.8 Å². The van der Waals surface area contributed by atoms with Gasteiger partial charge in [-0.3, -0.25) is 0 Å². The average molecular weight is 232 g/mol. The molecule has 15 heavy (non-hydrogen) atoms. The highest BCUT2D eigenvalue weighted by molar-refractivity contribution is 5.33. The number of rotatable bonds is 1. The molecule has 0 saturated carbocycles. The topological polar surface area (TPSA) is 20.2 Å². The minimum absolute atomic E-state index is 0.560. The lowest BCUT2D eigenvalue weighted by Crippen LogP contribution is -2.57. The van der Waals surface area contributed by atoms with Gasteiger partial charge in [0, 0.05) is 0 Å². The van der Waals surface area contributed by atoms with Gasteiger partial charge in [0.05, 0.1) is 0 Å². The Morgan fingerprint density at radius 3 is 1.73 bits per heavy atom. The monoisotopic (exact) mass is 232 g/mol. The van der Waals surface area contributed by atoms with Gasteiger partial charge in [-0.1, -0.05) is 18.2 Å². The molecule has 0 spiro atoms. The summed E-state index contributed by atoms with van der Waals surface area (Å²) in [6.07, 6.45) is -9.34. The molecule has 0 saturated heterocycles. The maximum Gasteiger partial charge on any atom is 0.430 e. The first kappa shape index (κ1) is 12.1. The Bertz CT molecular complexity index is 294. The second kappa shape index (κ2) is 3.26. The predicted octanol–water partition coefficient (Wildman–Crippen LogP) is 2.73. The van der Waals surface area contributed by atoms with E-state index in [2.05, 4.69) is 0 Å². The molecule has 0 aromatic heterocycles. The standard InChI is InChI=1S/C8H6F6O/c9-7(10,11)6(15,8(12,13)14)5-3-1-2-4-5/h1-3,15H,4H2. The molecule has 0 aromatic carbocycles. The van der Waals surface area contributed by atoms with Gasteiger partial charge in [0.15, 0.2) is 0 Å². The van der Waals surface area contributed by atoms with Crippen LogP contribution < -0.4 is 0 Å². The number of halogens is 6. The van der Waals surface area contributed by atoms with Crippen LogP contribution in [0.3, 0.4) is 0 Å². The third kappa shape index (κ3) is 1.75. The van der Waals surface area contributed by atoms with Crippen LogP contribution >= 0.6 is 0 Å². The van der Waals surface area contributed by atoms with Crippen LogP contribution in [-0.2, 0) is 0 Å². The average Bonchev–Trinajstić information content (AvgIpc) is 2.49. The summed E-state index contributed by atoms with van der Waals surface area (Å²) in [5.41, 5.74) is -5.86. The third-order valence-electron chi connectivity index (χ3n) is 2.06. The van der Waals surface area contributed by atoms with Crippen LogP contribution in [0.2, 0.25) is 0 Å². The molecule has 1 aliphatic rings. The zero-order chi connectivity index (χ0) is 11.9. The van der Waals surface area contributed by atoms with E-state index in [1.807, 2.05) is 0 Å². The van der Waals surface area contributed by atoms with Gasteiger partial charge in [-0.2, -0.15) is 26.3 Å². The molecule has 0 aromatic rings. The molecule has 1 rings (SSSR count). The summed E-state index contributed by atoms with van der Waals surface area (Å²) >= 11 is 0. The SMILES string of the molecule is OC(C1=CC=CC1)(C(F)(F)F)C(F)(F)F. The first-order valence-corrected chi connectivity index (χ1v) is 3.82. The predicted molar refractivity (Wildman–Crippen MR) is 38.9 cm³/mol. The fourth-order valence-corrected chi connectivity index (χ4v) is 1.24. The van der Waals surface area contributed by atoms with E-state index in [1.54, 1.807) is 0 Å². The molecule has 0 atom stereocenters. The van der Waals surface area contributed by atoms with Crippen molar-refractivity contribution in [2.45, 2.75) is 24.4 Å². The molecule has 86 valence electrons. The lowest BCUT2D eigenvalue weighted by molar-refractivity contribution is -0.352. The summed E-state index contributed by atoms with van der Waals surface area (Å²) in [6.45, 7) is 0. The number of aliphatic hydroxyl groups is 1. The van der Waals surface area contributed by atoms with Gasteiger partial charge in [0.25, 0.3) is 5.60 Å². The van der Waals surface area contributed by atoms with Crippen molar-refractivity contribution in [2.24, 2.45) is 0 Å². The van der Waals surface area contributed by atoms with Crippen LogP contribution in [0.4, 0.5) is 26.3 Å². The van der Waals surface area contributed by atoms with E-state index in [4.69, 9.17) is 5.11 Å². The molecular weight excluding hydrogens is 226 g/mol. The number of hydrogen-bond acceptors (Lipinski definition) is 1. The summed E-state index contributed by atoms with van der Waals surface area (Å²) in [4.78, 5) is 0. The van der Waals surface area contributed by atoms with E-state index >= 15 is 0 Å². The Kier molecular flexibility index (Phi) is 2.63. The first-order valence-electron chi connectivity index (χ1n) is 3.82. The molecule has 0 bridgehead atoms. The van der Waals surface area contributed by atoms with Crippen molar-refractivity contribution >= 4 is 0 Å². The zero-order valence-corrected chi connectivity index (χ0v) is 7.15. The molecule has 1 N–H and O–H groups in total. The lowest BCUT2D eigenvalue weighted by atomic mass is 9.91. The van der Waals surface area contributed by atoms with Crippen LogP contribution in [0.25, 0.3) is 0 Å². The van der Waals surface area contributed by atoms with E-state index in [9.17, 15) is 26.3 Å². The van der Waals surface area contributed by atoms with Gasteiger partial charge in [-0.25, -0.2) is 0 Å². The maximum atomic E-state index is 12.2. The highest BCUT2D eigenvalue weighted by Crippen LogP contribution is 2.49. The Morgan fingerprint density at radius 2 is 1.47 bits per heavy atom. The van der Waals surface area contributed by atoms with E-state index in [-0.39, 0.29) is 0 Å². The number of allylic oxidation sites excluding steroid dienone is 3. The van der Waals surface area contributed by atoms with Gasteiger partial charge >= 0.3 is 12.4 Å². The van der Waals surface area contributed by atoms with Gasteiger partial charge < -0.3 is 5.11 Å². The molecular formula is C8H6F6O. The van der Waals surface area contributed by atoms with Gasteiger partial charge in [0.2, 0.25) is 0 Å². The Labute approximate surface area is 80.7 Å². The maximum absolute atomic E-state index is 12.2. The van der Waals surface area contributed by atoms with Crippen LogP contribution in [0, 0.1) is 0 Å². The summed E-state index contributed by atoms with van der Waals surface area (Å²) in [5, 5.41) is 8.83. The first-order chi connectivity index (χ1) is 6.61. The number of alkyl halides is 6. The smallest absolute Gasteiger partial charge is 0.370 e. The summed E-state index contributed by atoms with van der Waals surface area (Å²) in [6, 6.07) is 0. The largest absolute Gasteiger partial charge is 0.430 e. The lowest BCUT2D eigenvalue weighted by Gasteiger charge is -2.33. The van der Waals surface area contributed by atoms with Crippen LogP contribution in [-0.4, -0.2) is 23.1 Å². The molecule has 0 fully saturated rings. The highest BCUT2D eigenvalue weighted by Gasteiger charge is 2.71. The third-order valence-corrected chi connectivity index (χ3v) is 2.06. The Morgan fingerprint density at radius 1 is 1.00 bits per heavy atom. The molecule has 0 radical (unpaired) electrons. The van der Waals surface area contributed by atoms with E-state index in [0.29, 0.717) is 6.08 Å². The van der Waals surface area contributed by atoms with Gasteiger partial charge in [-0.15, -0.1) is 0 Å². The second-order valence-electron chi connectivity index (χ2n) is 3.03. The molecule has 0 unspecified atom stereocenters. The van der Waals surface area contributed by atoms with Crippen molar-refractivity contribution in [3.8, 4) is 0 Å². The fourth-order valence-electron chi connectivity index (χ4n) is 1.24. The zero-order valence-electron chi connectivity index (χ0n) is 7.15. The highest BCUT2D eigenvalue weighted by atomic mass is 19.4. The quantitative estimate of drug-likeness (QED) is 0.689. The van der Waals surface area contributed by atoms with E-state index in [1.165, 1.54) is 0 Å². The number of hydrogen-bond donors (Lipinski definition) is 1. The van der Waals surface area contributed by atoms with Crippen molar-refractivity contribution < 1.29 is 31.4 Å². The minimum atomic E-state index is -5.77. The molecule has 0 heterocycles.